The summed E-state index contributed by atoms with van der Waals surface area (Å²) in [6, 6.07) is 3.33. The summed E-state index contributed by atoms with van der Waals surface area (Å²) in [6.45, 7) is 12.5. The van der Waals surface area contributed by atoms with Gasteiger partial charge in [-0.05, 0) is 90.8 Å². The van der Waals surface area contributed by atoms with Crippen LogP contribution in [0.3, 0.4) is 0 Å². The van der Waals surface area contributed by atoms with Gasteiger partial charge in [0, 0.05) is 37.9 Å². The maximum atomic E-state index is 12.4. The summed E-state index contributed by atoms with van der Waals surface area (Å²) in [5.41, 5.74) is 2.20. The Morgan fingerprint density at radius 3 is 2.75 bits per heavy atom. The van der Waals surface area contributed by atoms with E-state index >= 15 is 0 Å². The largest absolute Gasteiger partial charge is 0.480 e. The normalized spacial score (nSPS) is 18.2. The van der Waals surface area contributed by atoms with Crippen LogP contribution in [0.15, 0.2) is 12.1 Å². The molecule has 2 aliphatic heterocycles. The lowest BCUT2D eigenvalue weighted by molar-refractivity contribution is -0.139. The fourth-order valence-electron chi connectivity index (χ4n) is 4.59. The predicted octanol–water partition coefficient (Wildman–Crippen LogP) is 3.53. The number of likely N-dealkylation sites (tertiary alicyclic amines) is 1. The molecule has 0 spiro atoms. The standard InChI is InChI=1S/C27H45N5O4/c1-20-12-17-32(20)26(35)30-23(25(33)34)13-16-31(18-19-36-27(2,3)4)15-6-5-9-22-11-10-21-8-7-14-28-24(21)29-22/h10-11,20,23H,5-9,12-19H2,1-4H3,(H,28,29)(H,30,35)(H,33,34). The van der Waals surface area contributed by atoms with Crippen molar-refractivity contribution in [2.45, 2.75) is 90.3 Å². The second-order valence-corrected chi connectivity index (χ2v) is 11.1. The van der Waals surface area contributed by atoms with Crippen LogP contribution in [0.25, 0.3) is 0 Å². The van der Waals surface area contributed by atoms with Gasteiger partial charge in [-0.15, -0.1) is 0 Å². The molecule has 0 radical (unpaired) electrons. The Hall–Kier alpha value is -2.39. The first-order chi connectivity index (χ1) is 17.1. The molecule has 2 atom stereocenters. The van der Waals surface area contributed by atoms with Crippen LogP contribution in [0, 0.1) is 0 Å². The third-order valence-electron chi connectivity index (χ3n) is 6.96. The predicted molar refractivity (Wildman–Crippen MR) is 141 cm³/mol. The summed E-state index contributed by atoms with van der Waals surface area (Å²) < 4.78 is 5.92. The topological polar surface area (TPSA) is 107 Å². The number of pyridine rings is 1. The van der Waals surface area contributed by atoms with E-state index in [-0.39, 0.29) is 17.7 Å². The van der Waals surface area contributed by atoms with Crippen molar-refractivity contribution in [2.24, 2.45) is 0 Å². The van der Waals surface area contributed by atoms with Gasteiger partial charge in [0.25, 0.3) is 0 Å². The van der Waals surface area contributed by atoms with Crippen LogP contribution in [0.4, 0.5) is 10.6 Å². The average Bonchev–Trinajstić information content (AvgIpc) is 2.81. The van der Waals surface area contributed by atoms with E-state index in [1.165, 1.54) is 5.56 Å². The molecule has 36 heavy (non-hydrogen) atoms. The molecule has 1 saturated heterocycles. The maximum absolute atomic E-state index is 12.4. The van der Waals surface area contributed by atoms with E-state index in [1.807, 2.05) is 27.7 Å². The van der Waals surface area contributed by atoms with Gasteiger partial charge in [-0.1, -0.05) is 6.07 Å². The number of hydrogen-bond donors (Lipinski definition) is 3. The van der Waals surface area contributed by atoms with Crippen LogP contribution in [-0.2, 0) is 22.4 Å². The van der Waals surface area contributed by atoms with Crippen molar-refractivity contribution in [3.8, 4) is 0 Å². The first-order valence-electron chi connectivity index (χ1n) is 13.5. The number of aliphatic carboxylic acids is 1. The number of rotatable bonds is 13. The molecule has 1 aromatic rings. The molecule has 0 bridgehead atoms. The van der Waals surface area contributed by atoms with E-state index in [4.69, 9.17) is 9.72 Å². The van der Waals surface area contributed by atoms with Crippen LogP contribution in [0.2, 0.25) is 0 Å². The number of nitrogens with zero attached hydrogens (tertiary/aromatic N) is 3. The van der Waals surface area contributed by atoms with E-state index in [9.17, 15) is 14.7 Å². The molecular formula is C27H45N5O4. The first-order valence-corrected chi connectivity index (χ1v) is 13.5. The fourth-order valence-corrected chi connectivity index (χ4v) is 4.59. The first kappa shape index (κ1) is 28.2. The minimum Gasteiger partial charge on any atom is -0.480 e. The zero-order chi connectivity index (χ0) is 26.1. The van der Waals surface area contributed by atoms with Crippen molar-refractivity contribution in [3.05, 3.63) is 23.4 Å². The number of fused-ring (bicyclic) bond motifs is 1. The highest BCUT2D eigenvalue weighted by atomic mass is 16.5. The van der Waals surface area contributed by atoms with E-state index in [0.717, 1.165) is 69.7 Å². The number of carboxylic acids is 1. The van der Waals surface area contributed by atoms with Gasteiger partial charge in [0.2, 0.25) is 0 Å². The number of carboxylic acid groups (broad SMARTS) is 1. The molecule has 2 aliphatic rings. The van der Waals surface area contributed by atoms with Gasteiger partial charge >= 0.3 is 12.0 Å². The minimum atomic E-state index is -0.991. The van der Waals surface area contributed by atoms with Crippen LogP contribution < -0.4 is 10.6 Å². The summed E-state index contributed by atoms with van der Waals surface area (Å²) in [5, 5.41) is 15.8. The molecule has 0 saturated carbocycles. The van der Waals surface area contributed by atoms with Crippen molar-refractivity contribution < 1.29 is 19.4 Å². The van der Waals surface area contributed by atoms with E-state index in [1.54, 1.807) is 4.90 Å². The number of anilines is 1. The molecule has 202 valence electrons. The van der Waals surface area contributed by atoms with Crippen LogP contribution in [0.1, 0.15) is 71.1 Å². The zero-order valence-electron chi connectivity index (χ0n) is 22.5. The highest BCUT2D eigenvalue weighted by Gasteiger charge is 2.31. The Balaban J connectivity index is 1.48. The minimum absolute atomic E-state index is 0.172. The summed E-state index contributed by atoms with van der Waals surface area (Å²) in [5.74, 6) is 0.0450. The molecule has 9 heteroatoms. The summed E-state index contributed by atoms with van der Waals surface area (Å²) in [6.07, 6.45) is 6.48. The fraction of sp³-hybridized carbons (Fsp3) is 0.741. The molecule has 2 unspecified atom stereocenters. The van der Waals surface area contributed by atoms with Crippen molar-refractivity contribution in [1.29, 1.82) is 0 Å². The maximum Gasteiger partial charge on any atom is 0.326 e. The molecular weight excluding hydrogens is 458 g/mol. The smallest absolute Gasteiger partial charge is 0.326 e. The van der Waals surface area contributed by atoms with Crippen molar-refractivity contribution in [3.63, 3.8) is 0 Å². The number of aromatic nitrogens is 1. The number of ether oxygens (including phenoxy) is 1. The van der Waals surface area contributed by atoms with Crippen LogP contribution in [-0.4, -0.2) is 88.9 Å². The molecule has 9 nitrogen and oxygen atoms in total. The number of nitrogens with one attached hydrogen (secondary N) is 2. The number of amides is 2. The third kappa shape index (κ3) is 8.92. The number of carbonyl (C=O) groups is 2. The number of hydrogen-bond acceptors (Lipinski definition) is 6. The highest BCUT2D eigenvalue weighted by Crippen LogP contribution is 2.20. The lowest BCUT2D eigenvalue weighted by atomic mass is 10.1. The molecule has 0 aliphatic carbocycles. The van der Waals surface area contributed by atoms with Gasteiger partial charge in [-0.2, -0.15) is 0 Å². The van der Waals surface area contributed by atoms with Gasteiger partial charge in [0.1, 0.15) is 11.9 Å². The van der Waals surface area contributed by atoms with Crippen molar-refractivity contribution in [2.75, 3.05) is 44.6 Å². The summed E-state index contributed by atoms with van der Waals surface area (Å²) in [4.78, 5) is 33.0. The Bertz CT molecular complexity index is 872. The van der Waals surface area contributed by atoms with Gasteiger partial charge in [0.15, 0.2) is 0 Å². The Kier molecular flexibility index (Phi) is 10.4. The SMILES string of the molecule is CC1CCN1C(=O)NC(CCN(CCCCc1ccc2c(n1)NCCC2)CCOC(C)(C)C)C(=O)O. The number of carbonyl (C=O) groups excluding carboxylic acids is 1. The lowest BCUT2D eigenvalue weighted by Gasteiger charge is -2.39. The average molecular weight is 504 g/mol. The summed E-state index contributed by atoms with van der Waals surface area (Å²) >= 11 is 0. The zero-order valence-corrected chi connectivity index (χ0v) is 22.5. The molecule has 0 aromatic carbocycles. The monoisotopic (exact) mass is 503 g/mol. The molecule has 3 rings (SSSR count). The van der Waals surface area contributed by atoms with Crippen LogP contribution in [0.5, 0.6) is 0 Å². The summed E-state index contributed by atoms with van der Waals surface area (Å²) in [7, 11) is 0. The van der Waals surface area contributed by atoms with Crippen molar-refractivity contribution >= 4 is 17.8 Å². The third-order valence-corrected chi connectivity index (χ3v) is 6.96. The number of aryl methyl sites for hydroxylation is 2. The second-order valence-electron chi connectivity index (χ2n) is 11.1. The van der Waals surface area contributed by atoms with Gasteiger partial charge < -0.3 is 30.3 Å². The van der Waals surface area contributed by atoms with E-state index in [2.05, 4.69) is 27.7 Å². The lowest BCUT2D eigenvalue weighted by Crippen LogP contribution is -2.57. The molecule has 1 aromatic heterocycles. The molecule has 1 fully saturated rings. The van der Waals surface area contributed by atoms with Gasteiger partial charge in [0.05, 0.1) is 12.2 Å². The molecule has 3 heterocycles. The number of unbranched alkanes of at least 4 members (excludes halogenated alkanes) is 1. The van der Waals surface area contributed by atoms with Gasteiger partial charge in [-0.25, -0.2) is 14.6 Å². The number of urea groups is 1. The van der Waals surface area contributed by atoms with Gasteiger partial charge in [-0.3, -0.25) is 0 Å². The Morgan fingerprint density at radius 2 is 2.08 bits per heavy atom. The Labute approximate surface area is 216 Å². The van der Waals surface area contributed by atoms with E-state index < -0.39 is 12.0 Å². The molecule has 3 N–H and O–H groups in total. The van der Waals surface area contributed by atoms with Crippen LogP contribution >= 0.6 is 0 Å². The highest BCUT2D eigenvalue weighted by molar-refractivity contribution is 5.83. The second kappa shape index (κ2) is 13.2. The quantitative estimate of drug-likeness (QED) is 0.354. The molecule has 2 amide bonds. The van der Waals surface area contributed by atoms with Crippen molar-refractivity contribution in [1.82, 2.24) is 20.1 Å². The van der Waals surface area contributed by atoms with E-state index in [0.29, 0.717) is 26.1 Å². The Morgan fingerprint density at radius 1 is 1.28 bits per heavy atom.